The van der Waals surface area contributed by atoms with Gasteiger partial charge in [0.15, 0.2) is 0 Å². The van der Waals surface area contributed by atoms with Gasteiger partial charge >= 0.3 is 11.9 Å². The van der Waals surface area contributed by atoms with Crippen molar-refractivity contribution in [2.24, 2.45) is 0 Å². The van der Waals surface area contributed by atoms with Crippen molar-refractivity contribution in [1.82, 2.24) is 10.6 Å². The summed E-state index contributed by atoms with van der Waals surface area (Å²) in [6.07, 6.45) is 1.19. The molecule has 12 heavy (non-hydrogen) atoms. The van der Waals surface area contributed by atoms with Crippen LogP contribution in [0.1, 0.15) is 0 Å². The molecular weight excluding hydrogens is 164 g/mol. The molecule has 1 rings (SSSR count). The predicted molar refractivity (Wildman–Crippen MR) is 38.3 cm³/mol. The molecule has 1 unspecified atom stereocenters. The minimum Gasteiger partial charge on any atom is -0.480 e. The first-order valence-electron chi connectivity index (χ1n) is 3.26. The monoisotopic (exact) mass is 172 g/mol. The Balaban J connectivity index is 2.85. The Labute approximate surface area is 67.9 Å². The first-order valence-corrected chi connectivity index (χ1v) is 3.26. The molecule has 0 amide bonds. The Morgan fingerprint density at radius 3 is 2.58 bits per heavy atom. The van der Waals surface area contributed by atoms with Gasteiger partial charge in [-0.1, -0.05) is 0 Å². The molecule has 0 saturated carbocycles. The fourth-order valence-electron chi connectivity index (χ4n) is 0.921. The molecule has 66 valence electrons. The van der Waals surface area contributed by atoms with Crippen LogP contribution in [0.5, 0.6) is 0 Å². The topological polar surface area (TPSA) is 98.7 Å². The summed E-state index contributed by atoms with van der Waals surface area (Å²) < 4.78 is 0. The smallest absolute Gasteiger partial charge is 0.335 e. The van der Waals surface area contributed by atoms with Crippen LogP contribution >= 0.6 is 0 Å². The van der Waals surface area contributed by atoms with Crippen LogP contribution in [0.3, 0.4) is 0 Å². The number of carboxylic acids is 2. The molecular formula is C6H8N2O4. The van der Waals surface area contributed by atoms with Gasteiger partial charge in [0.1, 0.15) is 6.04 Å². The van der Waals surface area contributed by atoms with Gasteiger partial charge in [-0.15, -0.1) is 0 Å². The van der Waals surface area contributed by atoms with Crippen molar-refractivity contribution in [3.63, 3.8) is 0 Å². The SMILES string of the molecule is O=C(O)C1=CNCNC1C(=O)O. The van der Waals surface area contributed by atoms with E-state index in [4.69, 9.17) is 10.2 Å². The van der Waals surface area contributed by atoms with E-state index in [0.717, 1.165) is 0 Å². The van der Waals surface area contributed by atoms with Gasteiger partial charge in [-0.05, 0) is 0 Å². The molecule has 0 aliphatic carbocycles. The summed E-state index contributed by atoms with van der Waals surface area (Å²) in [5, 5.41) is 22.2. The molecule has 6 heteroatoms. The zero-order valence-electron chi connectivity index (χ0n) is 6.07. The van der Waals surface area contributed by atoms with Crippen LogP contribution in [-0.4, -0.2) is 34.9 Å². The second-order valence-corrected chi connectivity index (χ2v) is 2.26. The summed E-state index contributed by atoms with van der Waals surface area (Å²) in [4.78, 5) is 20.9. The molecule has 0 spiro atoms. The third kappa shape index (κ3) is 1.54. The average Bonchev–Trinajstić information content (AvgIpc) is 2.04. The Morgan fingerprint density at radius 2 is 2.17 bits per heavy atom. The lowest BCUT2D eigenvalue weighted by molar-refractivity contribution is -0.142. The summed E-state index contributed by atoms with van der Waals surface area (Å²) in [5.74, 6) is -2.42. The Kier molecular flexibility index (Phi) is 2.29. The molecule has 0 fully saturated rings. The largest absolute Gasteiger partial charge is 0.480 e. The molecule has 6 nitrogen and oxygen atoms in total. The maximum atomic E-state index is 10.5. The van der Waals surface area contributed by atoms with E-state index in [9.17, 15) is 9.59 Å². The van der Waals surface area contributed by atoms with Crippen molar-refractivity contribution >= 4 is 11.9 Å². The van der Waals surface area contributed by atoms with Crippen molar-refractivity contribution in [3.8, 4) is 0 Å². The predicted octanol–water partition coefficient (Wildman–Crippen LogP) is -1.44. The van der Waals surface area contributed by atoms with Crippen LogP contribution in [-0.2, 0) is 9.59 Å². The van der Waals surface area contributed by atoms with E-state index in [1.165, 1.54) is 6.20 Å². The van der Waals surface area contributed by atoms with Gasteiger partial charge in [-0.25, -0.2) is 4.79 Å². The van der Waals surface area contributed by atoms with Gasteiger partial charge in [0.25, 0.3) is 0 Å². The highest BCUT2D eigenvalue weighted by Crippen LogP contribution is 2.04. The van der Waals surface area contributed by atoms with E-state index < -0.39 is 18.0 Å². The third-order valence-electron chi connectivity index (χ3n) is 1.47. The third-order valence-corrected chi connectivity index (χ3v) is 1.47. The van der Waals surface area contributed by atoms with Gasteiger partial charge in [0.2, 0.25) is 0 Å². The maximum Gasteiger partial charge on any atom is 0.335 e. The lowest BCUT2D eigenvalue weighted by Crippen LogP contribution is -2.48. The number of hydrogen-bond acceptors (Lipinski definition) is 4. The molecule has 0 aromatic rings. The number of aliphatic carboxylic acids is 2. The van der Waals surface area contributed by atoms with Gasteiger partial charge < -0.3 is 15.5 Å². The minimum absolute atomic E-state index is 0.186. The van der Waals surface area contributed by atoms with Gasteiger partial charge in [-0.3, -0.25) is 10.1 Å². The fraction of sp³-hybridized carbons (Fsp3) is 0.333. The Hall–Kier alpha value is -1.56. The molecule has 0 aromatic heterocycles. The van der Waals surface area contributed by atoms with Gasteiger partial charge in [-0.2, -0.15) is 0 Å². The van der Waals surface area contributed by atoms with Crippen LogP contribution in [0.15, 0.2) is 11.8 Å². The quantitative estimate of drug-likeness (QED) is 0.407. The molecule has 0 radical (unpaired) electrons. The highest BCUT2D eigenvalue weighted by atomic mass is 16.4. The van der Waals surface area contributed by atoms with Crippen LogP contribution < -0.4 is 10.6 Å². The average molecular weight is 172 g/mol. The summed E-state index contributed by atoms with van der Waals surface area (Å²) in [6.45, 7) is 0.258. The van der Waals surface area contributed by atoms with Crippen LogP contribution in [0.4, 0.5) is 0 Å². The number of nitrogens with one attached hydrogen (secondary N) is 2. The normalized spacial score (nSPS) is 22.3. The summed E-state index contributed by atoms with van der Waals surface area (Å²) >= 11 is 0. The standard InChI is InChI=1S/C6H8N2O4/c9-5(10)3-1-7-2-8-4(3)6(11)12/h1,4,7-8H,2H2,(H,9,10)(H,11,12). The van der Waals surface area contributed by atoms with Gasteiger partial charge in [0.05, 0.1) is 12.2 Å². The molecule has 1 heterocycles. The van der Waals surface area contributed by atoms with Crippen molar-refractivity contribution in [1.29, 1.82) is 0 Å². The second kappa shape index (κ2) is 3.22. The van der Waals surface area contributed by atoms with E-state index >= 15 is 0 Å². The van der Waals surface area contributed by atoms with E-state index in [2.05, 4.69) is 10.6 Å². The molecule has 1 atom stereocenters. The highest BCUT2D eigenvalue weighted by molar-refractivity contribution is 5.96. The summed E-state index contributed by atoms with van der Waals surface area (Å²) in [5.41, 5.74) is -0.186. The zero-order chi connectivity index (χ0) is 9.14. The van der Waals surface area contributed by atoms with Crippen LogP contribution in [0.2, 0.25) is 0 Å². The maximum absolute atomic E-state index is 10.5. The molecule has 0 saturated heterocycles. The first kappa shape index (κ1) is 8.54. The minimum atomic E-state index is -1.23. The van der Waals surface area contributed by atoms with Gasteiger partial charge in [0, 0.05) is 6.20 Å². The number of rotatable bonds is 2. The second-order valence-electron chi connectivity index (χ2n) is 2.26. The molecule has 1 aliphatic heterocycles. The highest BCUT2D eigenvalue weighted by Gasteiger charge is 2.28. The number of carboxylic acid groups (broad SMARTS) is 2. The lowest BCUT2D eigenvalue weighted by Gasteiger charge is -2.19. The van der Waals surface area contributed by atoms with Crippen molar-refractivity contribution in [2.45, 2.75) is 6.04 Å². The summed E-state index contributed by atoms with van der Waals surface area (Å²) in [6, 6.07) is -1.12. The zero-order valence-corrected chi connectivity index (χ0v) is 6.07. The lowest BCUT2D eigenvalue weighted by atomic mass is 10.1. The first-order chi connectivity index (χ1) is 5.63. The van der Waals surface area contributed by atoms with E-state index in [1.807, 2.05) is 0 Å². The number of carbonyl (C=O) groups is 2. The van der Waals surface area contributed by atoms with Crippen molar-refractivity contribution in [3.05, 3.63) is 11.8 Å². The molecule has 0 aromatic carbocycles. The van der Waals surface area contributed by atoms with Crippen LogP contribution in [0, 0.1) is 0 Å². The Bertz CT molecular complexity index is 248. The van der Waals surface area contributed by atoms with E-state index in [-0.39, 0.29) is 12.2 Å². The van der Waals surface area contributed by atoms with Crippen LogP contribution in [0.25, 0.3) is 0 Å². The van der Waals surface area contributed by atoms with Crippen molar-refractivity contribution in [2.75, 3.05) is 6.67 Å². The number of hydrogen-bond donors (Lipinski definition) is 4. The van der Waals surface area contributed by atoms with Crippen molar-refractivity contribution < 1.29 is 19.8 Å². The van der Waals surface area contributed by atoms with E-state index in [0.29, 0.717) is 0 Å². The molecule has 1 aliphatic rings. The fourth-order valence-corrected chi connectivity index (χ4v) is 0.921. The summed E-state index contributed by atoms with van der Waals surface area (Å²) in [7, 11) is 0. The molecule has 0 bridgehead atoms. The Morgan fingerprint density at radius 1 is 1.50 bits per heavy atom. The molecule has 4 N–H and O–H groups in total. The van der Waals surface area contributed by atoms with E-state index in [1.54, 1.807) is 0 Å².